The van der Waals surface area contributed by atoms with Gasteiger partial charge >= 0.3 is 0 Å². The van der Waals surface area contributed by atoms with Crippen LogP contribution in [0.15, 0.2) is 24.3 Å². The van der Waals surface area contributed by atoms with E-state index in [2.05, 4.69) is 13.8 Å². The summed E-state index contributed by atoms with van der Waals surface area (Å²) in [4.78, 5) is 0. The van der Waals surface area contributed by atoms with Crippen molar-refractivity contribution >= 4 is 5.69 Å². The van der Waals surface area contributed by atoms with Gasteiger partial charge in [-0.25, -0.2) is 0 Å². The molecule has 0 amide bonds. The van der Waals surface area contributed by atoms with Gasteiger partial charge in [0.1, 0.15) is 0 Å². The van der Waals surface area contributed by atoms with Gasteiger partial charge in [-0.05, 0) is 24.6 Å². The van der Waals surface area contributed by atoms with Crippen LogP contribution in [0.1, 0.15) is 39.7 Å². The largest absolute Gasteiger partial charge is 0.399 e. The number of nitrogens with two attached hydrogens (primary N) is 1. The Hall–Kier alpha value is -0.980. The Morgan fingerprint density at radius 3 is 1.85 bits per heavy atom. The Bertz CT molecular complexity index is 177. The molecule has 76 valence electrons. The summed E-state index contributed by atoms with van der Waals surface area (Å²) in [5.41, 5.74) is 7.51. The first kappa shape index (κ1) is 14.5. The lowest BCUT2D eigenvalue weighted by Gasteiger charge is -1.91. The molecule has 2 N–H and O–H groups in total. The van der Waals surface area contributed by atoms with Crippen molar-refractivity contribution in [2.45, 2.75) is 41.0 Å². The molecule has 1 heteroatoms. The molecule has 1 rings (SSSR count). The molecule has 13 heavy (non-hydrogen) atoms. The van der Waals surface area contributed by atoms with E-state index in [0.29, 0.717) is 0 Å². The molecule has 1 nitrogen and oxygen atoms in total. The third-order valence-corrected chi connectivity index (χ3v) is 1.04. The predicted octanol–water partition coefficient (Wildman–Crippen LogP) is 4.02. The van der Waals surface area contributed by atoms with Crippen molar-refractivity contribution in [2.75, 3.05) is 5.73 Å². The predicted molar refractivity (Wildman–Crippen MR) is 62.9 cm³/mol. The molecule has 0 saturated heterocycles. The Morgan fingerprint density at radius 2 is 1.62 bits per heavy atom. The molecular formula is C12H23N. The van der Waals surface area contributed by atoms with Crippen molar-refractivity contribution in [3.05, 3.63) is 29.8 Å². The molecule has 0 aromatic heterocycles. The van der Waals surface area contributed by atoms with E-state index in [1.165, 1.54) is 12.0 Å². The van der Waals surface area contributed by atoms with Crippen LogP contribution in [0.2, 0.25) is 0 Å². The van der Waals surface area contributed by atoms with Crippen molar-refractivity contribution in [1.82, 2.24) is 0 Å². The van der Waals surface area contributed by atoms with E-state index >= 15 is 0 Å². The van der Waals surface area contributed by atoms with E-state index in [1.54, 1.807) is 0 Å². The average molecular weight is 181 g/mol. The Kier molecular flexibility index (Phi) is 12.3. The van der Waals surface area contributed by atoms with Crippen molar-refractivity contribution < 1.29 is 0 Å². The minimum Gasteiger partial charge on any atom is -0.399 e. The summed E-state index contributed by atoms with van der Waals surface area (Å²) < 4.78 is 0. The number of hydrogen-bond donors (Lipinski definition) is 1. The van der Waals surface area contributed by atoms with Gasteiger partial charge in [-0.1, -0.05) is 46.2 Å². The molecule has 0 aliphatic heterocycles. The molecule has 0 heterocycles. The summed E-state index contributed by atoms with van der Waals surface area (Å²) in [5, 5.41) is 0. The van der Waals surface area contributed by atoms with E-state index in [9.17, 15) is 0 Å². The zero-order valence-corrected chi connectivity index (χ0v) is 9.59. The van der Waals surface area contributed by atoms with Crippen molar-refractivity contribution in [2.24, 2.45) is 0 Å². The van der Waals surface area contributed by atoms with E-state index in [4.69, 9.17) is 5.73 Å². The minimum atomic E-state index is 0.838. The molecule has 0 radical (unpaired) electrons. The zero-order valence-electron chi connectivity index (χ0n) is 9.59. The van der Waals surface area contributed by atoms with Crippen LogP contribution in [0.25, 0.3) is 0 Å². The summed E-state index contributed by atoms with van der Waals surface area (Å²) >= 11 is 0. The lowest BCUT2D eigenvalue weighted by atomic mass is 10.2. The standard InChI is InChI=1S/C7H9N.C3H8.C2H6/c1-6-3-2-4-7(8)5-6;1-3-2;1-2/h2-5H,8H2,1H3;3H2,1-2H3;1-2H3. The molecule has 0 spiro atoms. The second-order valence-corrected chi connectivity index (χ2v) is 2.62. The normalized spacial score (nSPS) is 7.46. The van der Waals surface area contributed by atoms with Crippen LogP contribution < -0.4 is 5.73 Å². The maximum Gasteiger partial charge on any atom is 0.0316 e. The van der Waals surface area contributed by atoms with Gasteiger partial charge < -0.3 is 5.73 Å². The lowest BCUT2D eigenvalue weighted by molar-refractivity contribution is 1.09. The smallest absolute Gasteiger partial charge is 0.0316 e. The van der Waals surface area contributed by atoms with E-state index < -0.39 is 0 Å². The third kappa shape index (κ3) is 11.0. The molecule has 0 bridgehead atoms. The molecule has 0 unspecified atom stereocenters. The lowest BCUT2D eigenvalue weighted by Crippen LogP contribution is -1.82. The maximum absolute atomic E-state index is 5.46. The van der Waals surface area contributed by atoms with E-state index in [1.807, 2.05) is 45.0 Å². The topological polar surface area (TPSA) is 26.0 Å². The van der Waals surface area contributed by atoms with Crippen LogP contribution in [0.5, 0.6) is 0 Å². The maximum atomic E-state index is 5.46. The quantitative estimate of drug-likeness (QED) is 0.601. The number of anilines is 1. The summed E-state index contributed by atoms with van der Waals surface area (Å²) in [6.45, 7) is 10.3. The summed E-state index contributed by atoms with van der Waals surface area (Å²) in [6, 6.07) is 7.80. The van der Waals surface area contributed by atoms with Crippen molar-refractivity contribution in [3.8, 4) is 0 Å². The highest BCUT2D eigenvalue weighted by Crippen LogP contribution is 2.03. The molecular weight excluding hydrogens is 158 g/mol. The van der Waals surface area contributed by atoms with Crippen molar-refractivity contribution in [3.63, 3.8) is 0 Å². The number of benzene rings is 1. The van der Waals surface area contributed by atoms with Crippen LogP contribution in [0, 0.1) is 6.92 Å². The van der Waals surface area contributed by atoms with Crippen LogP contribution in [0.3, 0.4) is 0 Å². The monoisotopic (exact) mass is 181 g/mol. The summed E-state index contributed by atoms with van der Waals surface area (Å²) in [7, 11) is 0. The number of nitrogen functional groups attached to an aromatic ring is 1. The zero-order chi connectivity index (χ0) is 10.7. The van der Waals surface area contributed by atoms with Gasteiger partial charge in [-0.2, -0.15) is 0 Å². The van der Waals surface area contributed by atoms with Gasteiger partial charge in [0.05, 0.1) is 0 Å². The highest BCUT2D eigenvalue weighted by molar-refractivity contribution is 5.39. The van der Waals surface area contributed by atoms with Crippen LogP contribution in [-0.4, -0.2) is 0 Å². The fourth-order valence-electron chi connectivity index (χ4n) is 0.670. The molecule has 0 aliphatic carbocycles. The Morgan fingerprint density at radius 1 is 1.15 bits per heavy atom. The highest BCUT2D eigenvalue weighted by Gasteiger charge is 1.81. The second-order valence-electron chi connectivity index (χ2n) is 2.62. The fourth-order valence-corrected chi connectivity index (χ4v) is 0.670. The molecule has 0 saturated carbocycles. The SMILES string of the molecule is CC.CCC.Cc1cccc(N)c1. The van der Waals surface area contributed by atoms with Gasteiger partial charge in [-0.15, -0.1) is 0 Å². The fraction of sp³-hybridized carbons (Fsp3) is 0.500. The molecule has 0 atom stereocenters. The van der Waals surface area contributed by atoms with Gasteiger partial charge in [0.2, 0.25) is 0 Å². The Labute approximate surface area is 83.0 Å². The average Bonchev–Trinajstić information content (AvgIpc) is 2.08. The number of rotatable bonds is 0. The first-order valence-corrected chi connectivity index (χ1v) is 5.02. The first-order chi connectivity index (χ1) is 6.20. The summed E-state index contributed by atoms with van der Waals surface area (Å²) in [6.07, 6.45) is 1.25. The number of aryl methyl sites for hydroxylation is 1. The Balaban J connectivity index is 0. The molecule has 0 fully saturated rings. The number of hydrogen-bond acceptors (Lipinski definition) is 1. The highest BCUT2D eigenvalue weighted by atomic mass is 14.5. The van der Waals surface area contributed by atoms with E-state index in [-0.39, 0.29) is 0 Å². The van der Waals surface area contributed by atoms with Gasteiger partial charge in [0, 0.05) is 5.69 Å². The summed E-state index contributed by atoms with van der Waals surface area (Å²) in [5.74, 6) is 0. The van der Waals surface area contributed by atoms with E-state index in [0.717, 1.165) is 5.69 Å². The van der Waals surface area contributed by atoms with Gasteiger partial charge in [0.15, 0.2) is 0 Å². The van der Waals surface area contributed by atoms with Crippen LogP contribution in [-0.2, 0) is 0 Å². The van der Waals surface area contributed by atoms with Gasteiger partial charge in [0.25, 0.3) is 0 Å². The molecule has 1 aromatic rings. The first-order valence-electron chi connectivity index (χ1n) is 5.02. The van der Waals surface area contributed by atoms with Crippen LogP contribution >= 0.6 is 0 Å². The molecule has 0 aliphatic rings. The van der Waals surface area contributed by atoms with Gasteiger partial charge in [-0.3, -0.25) is 0 Å². The third-order valence-electron chi connectivity index (χ3n) is 1.04. The van der Waals surface area contributed by atoms with Crippen molar-refractivity contribution in [1.29, 1.82) is 0 Å². The van der Waals surface area contributed by atoms with Crippen LogP contribution in [0.4, 0.5) is 5.69 Å². The molecule has 1 aromatic carbocycles. The minimum absolute atomic E-state index is 0.838. The second kappa shape index (κ2) is 11.0.